The highest BCUT2D eigenvalue weighted by Gasteiger charge is 1.92. The van der Waals surface area contributed by atoms with E-state index in [1.54, 1.807) is 0 Å². The summed E-state index contributed by atoms with van der Waals surface area (Å²) < 4.78 is 0. The first-order valence-corrected chi connectivity index (χ1v) is 3.72. The van der Waals surface area contributed by atoms with E-state index in [4.69, 9.17) is 5.11 Å². The predicted molar refractivity (Wildman–Crippen MR) is 43.8 cm³/mol. The molecule has 0 aliphatic heterocycles. The number of carboxylic acids is 1. The van der Waals surface area contributed by atoms with E-state index in [0.717, 1.165) is 12.2 Å². The number of carbonyl (C=O) groups is 1. The van der Waals surface area contributed by atoms with Gasteiger partial charge >= 0.3 is 29.0 Å². The third-order valence-electron chi connectivity index (χ3n) is 0.574. The maximum atomic E-state index is 9.85. The Labute approximate surface area is 75.5 Å². The zero-order valence-corrected chi connectivity index (χ0v) is 5.70. The van der Waals surface area contributed by atoms with Gasteiger partial charge in [-0.25, -0.2) is 0 Å². The quantitative estimate of drug-likeness (QED) is 0.475. The van der Waals surface area contributed by atoms with Gasteiger partial charge in [-0.2, -0.15) is 11.8 Å². The van der Waals surface area contributed by atoms with Gasteiger partial charge in [0.25, 0.3) is 0 Å². The van der Waals surface area contributed by atoms with Crippen LogP contribution in [0.5, 0.6) is 0 Å². The molecule has 0 aliphatic carbocycles. The average Bonchev–Trinajstić information content (AvgIpc) is 1.66. The first-order valence-electron chi connectivity index (χ1n) is 2.57. The van der Waals surface area contributed by atoms with Gasteiger partial charge in [-0.3, -0.25) is 4.79 Å². The number of thioether (sulfide) groups is 1. The average molecular weight is 161 g/mol. The van der Waals surface area contributed by atoms with Gasteiger partial charge < -0.3 is 5.11 Å². The second-order valence-electron chi connectivity index (χ2n) is 1.45. The summed E-state index contributed by atoms with van der Waals surface area (Å²) >= 11 is 1.46. The number of carboxylic acid groups (broad SMARTS) is 1. The first-order chi connectivity index (χ1) is 3.77. The number of hydrogen-bond donors (Lipinski definition) is 1. The Hall–Kier alpha value is 0.586. The largest absolute Gasteiger partial charge is 0.481 e. The van der Waals surface area contributed by atoms with Crippen LogP contribution in [0.4, 0.5) is 0 Å². The molecule has 0 bridgehead atoms. The van der Waals surface area contributed by atoms with Gasteiger partial charge in [0.05, 0.1) is 5.75 Å². The molecule has 9 heavy (non-hydrogen) atoms. The summed E-state index contributed by atoms with van der Waals surface area (Å²) in [5.74, 6) is 0.476. The van der Waals surface area contributed by atoms with E-state index in [9.17, 15) is 4.79 Å². The molecule has 0 aliphatic rings. The highest BCUT2D eigenvalue weighted by atomic mass is 32.2. The number of rotatable bonds is 4. The Morgan fingerprint density at radius 1 is 1.67 bits per heavy atom. The summed E-state index contributed by atoms with van der Waals surface area (Å²) in [6.07, 6.45) is 1.05. The van der Waals surface area contributed by atoms with Crippen LogP contribution in [0.15, 0.2) is 0 Å². The van der Waals surface area contributed by atoms with Crippen molar-refractivity contribution in [3.05, 3.63) is 0 Å². The summed E-state index contributed by atoms with van der Waals surface area (Å²) in [5.41, 5.74) is 0. The fraction of sp³-hybridized carbons (Fsp3) is 0.800. The molecule has 0 heterocycles. The van der Waals surface area contributed by atoms with Crippen LogP contribution in [-0.2, 0) is 4.79 Å². The molecule has 0 aromatic carbocycles. The van der Waals surface area contributed by atoms with Gasteiger partial charge in [-0.05, 0) is 12.2 Å². The van der Waals surface area contributed by atoms with Crippen LogP contribution in [0.3, 0.4) is 0 Å². The fourth-order valence-electron chi connectivity index (χ4n) is 0.304. The fourth-order valence-corrected chi connectivity index (χ4v) is 0.911. The monoisotopic (exact) mass is 160 g/mol. The van der Waals surface area contributed by atoms with Crippen molar-refractivity contribution in [2.45, 2.75) is 13.3 Å². The van der Waals surface area contributed by atoms with Gasteiger partial charge in [0, 0.05) is 0 Å². The molecule has 0 aromatic rings. The third kappa shape index (κ3) is 11.9. The Kier molecular flexibility index (Phi) is 11.7. The van der Waals surface area contributed by atoms with Crippen LogP contribution in [0, 0.1) is 0 Å². The lowest BCUT2D eigenvalue weighted by Crippen LogP contribution is -1.97. The molecule has 0 saturated heterocycles. The molecule has 1 N–H and O–H groups in total. The first kappa shape index (κ1) is 12.3. The molecular weight excluding hydrogens is 148 g/mol. The van der Waals surface area contributed by atoms with Crippen molar-refractivity contribution < 1.29 is 9.90 Å². The van der Waals surface area contributed by atoms with E-state index in [1.807, 2.05) is 6.92 Å². The van der Waals surface area contributed by atoms with Gasteiger partial charge in [0.1, 0.15) is 0 Å². The molecule has 0 spiro atoms. The van der Waals surface area contributed by atoms with Crippen LogP contribution < -0.4 is 0 Å². The minimum atomic E-state index is -0.719. The van der Waals surface area contributed by atoms with E-state index in [0.29, 0.717) is 0 Å². The lowest BCUT2D eigenvalue weighted by molar-refractivity contribution is -0.133. The summed E-state index contributed by atoms with van der Waals surface area (Å²) in [6.45, 7) is 2.04. The normalized spacial score (nSPS) is 8.11. The van der Waals surface area contributed by atoms with E-state index in [1.165, 1.54) is 11.8 Å². The minimum Gasteiger partial charge on any atom is -0.481 e. The molecule has 4 heteroatoms. The number of aliphatic carboxylic acids is 1. The molecule has 0 atom stereocenters. The molecule has 52 valence electrons. The zero-order chi connectivity index (χ0) is 6.41. The van der Waals surface area contributed by atoms with Crippen molar-refractivity contribution in [3.63, 3.8) is 0 Å². The molecule has 0 unspecified atom stereocenters. The van der Waals surface area contributed by atoms with Crippen molar-refractivity contribution >= 4 is 40.8 Å². The standard InChI is InChI=1S/C5H10O2S.Mg.2H/c1-2-3-8-4-5(6)7;;;/h2-4H2,1H3,(H,6,7);;;. The third-order valence-corrected chi connectivity index (χ3v) is 1.72. The summed E-state index contributed by atoms with van der Waals surface area (Å²) in [7, 11) is 0. The predicted octanol–water partition coefficient (Wildman–Crippen LogP) is 0.298. The lowest BCUT2D eigenvalue weighted by Gasteiger charge is -1.90. The Balaban J connectivity index is 0. The molecule has 0 radical (unpaired) electrons. The smallest absolute Gasteiger partial charge is 0.316 e. The molecule has 0 aromatic heterocycles. The van der Waals surface area contributed by atoms with Crippen molar-refractivity contribution in [1.29, 1.82) is 0 Å². The Morgan fingerprint density at radius 3 is 2.56 bits per heavy atom. The van der Waals surface area contributed by atoms with Crippen LogP contribution in [0.1, 0.15) is 13.3 Å². The summed E-state index contributed by atoms with van der Waals surface area (Å²) in [4.78, 5) is 9.85. The molecule has 0 saturated carbocycles. The van der Waals surface area contributed by atoms with Gasteiger partial charge in [0.2, 0.25) is 0 Å². The van der Waals surface area contributed by atoms with Gasteiger partial charge in [-0.15, -0.1) is 0 Å². The maximum Gasteiger partial charge on any atom is 0.316 e. The highest BCUT2D eigenvalue weighted by molar-refractivity contribution is 7.99. The van der Waals surface area contributed by atoms with E-state index < -0.39 is 5.97 Å². The van der Waals surface area contributed by atoms with Crippen molar-refractivity contribution in [2.75, 3.05) is 11.5 Å². The SMILES string of the molecule is CCCSCC(=O)O.[MgH2]. The van der Waals surface area contributed by atoms with Gasteiger partial charge in [-0.1, -0.05) is 6.92 Å². The zero-order valence-electron chi connectivity index (χ0n) is 4.89. The molecule has 0 amide bonds. The van der Waals surface area contributed by atoms with E-state index in [2.05, 4.69) is 0 Å². The van der Waals surface area contributed by atoms with Crippen LogP contribution in [-0.4, -0.2) is 45.6 Å². The topological polar surface area (TPSA) is 37.3 Å². The van der Waals surface area contributed by atoms with Crippen molar-refractivity contribution in [1.82, 2.24) is 0 Å². The van der Waals surface area contributed by atoms with Crippen LogP contribution >= 0.6 is 11.8 Å². The van der Waals surface area contributed by atoms with Crippen LogP contribution in [0.25, 0.3) is 0 Å². The van der Waals surface area contributed by atoms with Gasteiger partial charge in [0.15, 0.2) is 0 Å². The molecule has 2 nitrogen and oxygen atoms in total. The second-order valence-corrected chi connectivity index (χ2v) is 2.55. The second kappa shape index (κ2) is 8.59. The Morgan fingerprint density at radius 2 is 2.22 bits per heavy atom. The van der Waals surface area contributed by atoms with Crippen molar-refractivity contribution in [3.8, 4) is 0 Å². The summed E-state index contributed by atoms with van der Waals surface area (Å²) in [6, 6.07) is 0. The van der Waals surface area contributed by atoms with Crippen molar-refractivity contribution in [2.24, 2.45) is 0 Å². The number of hydrogen-bond acceptors (Lipinski definition) is 2. The maximum absolute atomic E-state index is 9.85. The Bertz CT molecular complexity index is 77.4. The minimum absolute atomic E-state index is 0. The molecule has 0 fully saturated rings. The lowest BCUT2D eigenvalue weighted by atomic mass is 10.6. The van der Waals surface area contributed by atoms with E-state index >= 15 is 0 Å². The van der Waals surface area contributed by atoms with Crippen LogP contribution in [0.2, 0.25) is 0 Å². The molecule has 0 rings (SSSR count). The van der Waals surface area contributed by atoms with E-state index in [-0.39, 0.29) is 28.8 Å². The molecular formula is C5H12MgO2S. The highest BCUT2D eigenvalue weighted by Crippen LogP contribution is 1.99. The summed E-state index contributed by atoms with van der Waals surface area (Å²) in [5, 5.41) is 8.12.